The second kappa shape index (κ2) is 17.9. The molecule has 15 nitrogen and oxygen atoms in total. The average molecular weight is 775 g/mol. The summed E-state index contributed by atoms with van der Waals surface area (Å²) in [5.41, 5.74) is -3.75. The van der Waals surface area contributed by atoms with Crippen LogP contribution in [-0.2, 0) is 42.5 Å². The molecule has 0 bridgehead atoms. The highest BCUT2D eigenvalue weighted by atomic mass is 16.7. The van der Waals surface area contributed by atoms with Gasteiger partial charge in [-0.25, -0.2) is 0 Å². The number of esters is 1. The largest absolute Gasteiger partial charge is 0.637 e. The first-order chi connectivity index (χ1) is 25.0. The SMILES string of the molecule is CC[C@@H]1OC(=O)[C@H](C)[C@@H](O[C@H]2C[C@@](C)(OC)[C@@H](O)[C@H](C)O2)[C@H](C)[C@@H](OC2O[C@H](C)C[C@H](N(C)C)[C@@H]2O)[C@](C)(O)C[C@@H](C)CN(C)[C@H](C)[C@H]2OB(O)O[C@]12C. The van der Waals surface area contributed by atoms with Gasteiger partial charge in [-0.3, -0.25) is 4.79 Å². The van der Waals surface area contributed by atoms with Gasteiger partial charge in [-0.05, 0) is 94.8 Å². The van der Waals surface area contributed by atoms with E-state index in [0.29, 0.717) is 19.4 Å². The summed E-state index contributed by atoms with van der Waals surface area (Å²) in [6, 6.07) is -0.552. The zero-order valence-electron chi connectivity index (χ0n) is 35.1. The van der Waals surface area contributed by atoms with E-state index in [1.165, 1.54) is 7.11 Å². The lowest BCUT2D eigenvalue weighted by atomic mass is 9.77. The number of cyclic esters (lactones) is 1. The minimum atomic E-state index is -1.53. The Morgan fingerprint density at radius 2 is 1.67 bits per heavy atom. The van der Waals surface area contributed by atoms with Gasteiger partial charge in [-0.1, -0.05) is 20.8 Å². The lowest BCUT2D eigenvalue weighted by molar-refractivity contribution is -0.318. The number of carbonyl (C=O) groups excluding carboxylic acids is 1. The molecule has 0 aromatic carbocycles. The van der Waals surface area contributed by atoms with Gasteiger partial charge >= 0.3 is 13.3 Å². The number of ether oxygens (including phenoxy) is 6. The first-order valence-electron chi connectivity index (χ1n) is 19.8. The Bertz CT molecular complexity index is 1240. The van der Waals surface area contributed by atoms with Gasteiger partial charge in [0.2, 0.25) is 0 Å². The monoisotopic (exact) mass is 775 g/mol. The molecule has 4 saturated heterocycles. The zero-order valence-corrected chi connectivity index (χ0v) is 35.1. The molecule has 0 saturated carbocycles. The molecule has 4 fully saturated rings. The molecule has 4 rings (SSSR count). The summed E-state index contributed by atoms with van der Waals surface area (Å²) >= 11 is 0. The van der Waals surface area contributed by atoms with Crippen molar-refractivity contribution in [3.63, 3.8) is 0 Å². The maximum Gasteiger partial charge on any atom is 0.637 e. The number of aliphatic hydroxyl groups excluding tert-OH is 2. The van der Waals surface area contributed by atoms with Crippen LogP contribution >= 0.6 is 0 Å². The molecule has 0 aromatic rings. The summed E-state index contributed by atoms with van der Waals surface area (Å²) in [5, 5.41) is 45.8. The van der Waals surface area contributed by atoms with Crippen molar-refractivity contribution in [3.8, 4) is 0 Å². The van der Waals surface area contributed by atoms with E-state index in [1.807, 2.05) is 60.7 Å². The number of carbonyl (C=O) groups is 1. The highest BCUT2D eigenvalue weighted by molar-refractivity contribution is 6.35. The van der Waals surface area contributed by atoms with Crippen molar-refractivity contribution in [2.45, 2.75) is 185 Å². The second-order valence-electron chi connectivity index (χ2n) is 17.7. The van der Waals surface area contributed by atoms with E-state index in [0.717, 1.165) is 0 Å². The molecule has 0 amide bonds. The number of nitrogens with zero attached hydrogens (tertiary/aromatic N) is 2. The third-order valence-electron chi connectivity index (χ3n) is 12.8. The molecule has 0 aromatic heterocycles. The molecular formula is C38H71BN2O13. The maximum absolute atomic E-state index is 14.4. The summed E-state index contributed by atoms with van der Waals surface area (Å²) in [6.07, 6.45) is -7.01. The number of rotatable bonds is 7. The molecule has 16 heteroatoms. The van der Waals surface area contributed by atoms with Gasteiger partial charge < -0.3 is 67.9 Å². The number of hydrogen-bond donors (Lipinski definition) is 4. The van der Waals surface area contributed by atoms with Gasteiger partial charge in [-0.15, -0.1) is 0 Å². The lowest BCUT2D eigenvalue weighted by Gasteiger charge is -2.48. The van der Waals surface area contributed by atoms with Crippen LogP contribution < -0.4 is 0 Å². The van der Waals surface area contributed by atoms with Crippen molar-refractivity contribution in [1.82, 2.24) is 9.80 Å². The van der Waals surface area contributed by atoms with Crippen LogP contribution in [0.2, 0.25) is 0 Å². The van der Waals surface area contributed by atoms with Crippen LogP contribution in [0.3, 0.4) is 0 Å². The number of hydrogen-bond acceptors (Lipinski definition) is 15. The van der Waals surface area contributed by atoms with Gasteiger partial charge in [0, 0.05) is 38.1 Å². The van der Waals surface area contributed by atoms with Gasteiger partial charge in [0.15, 0.2) is 12.6 Å². The Balaban J connectivity index is 1.83. The van der Waals surface area contributed by atoms with E-state index < -0.39 is 97.2 Å². The first kappa shape index (κ1) is 45.7. The third kappa shape index (κ3) is 9.65. The minimum absolute atomic E-state index is 0.0944. The van der Waals surface area contributed by atoms with Crippen molar-refractivity contribution in [2.75, 3.05) is 34.8 Å². The number of aliphatic hydroxyl groups is 3. The molecule has 0 radical (unpaired) electrons. The average Bonchev–Trinajstić information content (AvgIpc) is 3.40. The van der Waals surface area contributed by atoms with E-state index in [2.05, 4.69) is 4.90 Å². The van der Waals surface area contributed by atoms with Crippen LogP contribution in [0, 0.1) is 17.8 Å². The zero-order chi connectivity index (χ0) is 40.7. The molecule has 4 aliphatic heterocycles. The molecular weight excluding hydrogens is 703 g/mol. The van der Waals surface area contributed by atoms with Crippen LogP contribution in [-0.4, -0.2) is 169 Å². The Morgan fingerprint density at radius 1 is 1.02 bits per heavy atom. The fourth-order valence-electron chi connectivity index (χ4n) is 9.46. The Labute approximate surface area is 323 Å². The lowest BCUT2D eigenvalue weighted by Crippen LogP contribution is -2.60. The predicted octanol–water partition coefficient (Wildman–Crippen LogP) is 1.94. The van der Waals surface area contributed by atoms with Crippen LogP contribution in [0.1, 0.15) is 94.9 Å². The molecule has 1 unspecified atom stereocenters. The van der Waals surface area contributed by atoms with Crippen molar-refractivity contribution >= 4 is 13.3 Å². The van der Waals surface area contributed by atoms with Crippen LogP contribution in [0.5, 0.6) is 0 Å². The van der Waals surface area contributed by atoms with E-state index in [4.69, 9.17) is 37.7 Å². The van der Waals surface area contributed by atoms with Crippen molar-refractivity contribution in [3.05, 3.63) is 0 Å². The van der Waals surface area contributed by atoms with E-state index in [-0.39, 0.29) is 36.9 Å². The second-order valence-corrected chi connectivity index (χ2v) is 17.7. The van der Waals surface area contributed by atoms with Gasteiger partial charge in [0.05, 0.1) is 47.6 Å². The summed E-state index contributed by atoms with van der Waals surface area (Å²) in [4.78, 5) is 18.5. The Morgan fingerprint density at radius 3 is 2.26 bits per heavy atom. The number of methoxy groups -OCH3 is 1. The molecule has 314 valence electrons. The quantitative estimate of drug-likeness (QED) is 0.218. The highest BCUT2D eigenvalue weighted by Crippen LogP contribution is 2.42. The van der Waals surface area contributed by atoms with E-state index >= 15 is 0 Å². The van der Waals surface area contributed by atoms with Crippen LogP contribution in [0.4, 0.5) is 0 Å². The predicted molar refractivity (Wildman–Crippen MR) is 200 cm³/mol. The molecule has 4 N–H and O–H groups in total. The highest BCUT2D eigenvalue weighted by Gasteiger charge is 2.58. The molecule has 0 spiro atoms. The molecule has 4 aliphatic rings. The number of likely N-dealkylation sites (N-methyl/N-ethyl adjacent to an activating group) is 2. The van der Waals surface area contributed by atoms with Crippen molar-refractivity contribution in [2.24, 2.45) is 17.8 Å². The molecule has 4 heterocycles. The van der Waals surface area contributed by atoms with Crippen LogP contribution in [0.25, 0.3) is 0 Å². The Hall–Kier alpha value is -0.985. The normalized spacial score (nSPS) is 49.3. The topological polar surface area (TPSA) is 178 Å². The Kier molecular flexibility index (Phi) is 15.1. The summed E-state index contributed by atoms with van der Waals surface area (Å²) in [6.45, 7) is 18.9. The fraction of sp³-hybridized carbons (Fsp3) is 0.974. The fourth-order valence-corrected chi connectivity index (χ4v) is 9.46. The summed E-state index contributed by atoms with van der Waals surface area (Å²) < 4.78 is 50.0. The van der Waals surface area contributed by atoms with Crippen molar-refractivity contribution < 1.29 is 62.9 Å². The van der Waals surface area contributed by atoms with Gasteiger partial charge in [0.1, 0.15) is 23.9 Å². The maximum atomic E-state index is 14.4. The standard InChI is InChI=1S/C38H71BN2O13/c1-15-27-38(10)33(53-39(46)54-38)24(6)41(13)19-20(2)17-36(8,45)32(52-35-29(42)26(40(11)12)16-21(3)48-35)22(4)30(23(5)34(44)50-27)51-28-18-37(9,47-14)31(43)25(7)49-28/h20-33,35,42-43,45-46H,15-19H2,1-14H3/t20-,21-,22+,23-,24-,25+,26+,27+,28+,29+,30+,31+,32-,33-,35?,36-,37-,38-/m1/s1. The summed E-state index contributed by atoms with van der Waals surface area (Å²) in [5.74, 6) is -2.38. The van der Waals surface area contributed by atoms with Crippen molar-refractivity contribution in [1.29, 1.82) is 0 Å². The molecule has 54 heavy (non-hydrogen) atoms. The third-order valence-corrected chi connectivity index (χ3v) is 12.8. The first-order valence-corrected chi connectivity index (χ1v) is 19.8. The van der Waals surface area contributed by atoms with E-state index in [9.17, 15) is 25.1 Å². The molecule has 0 aliphatic carbocycles. The summed E-state index contributed by atoms with van der Waals surface area (Å²) in [7, 11) is 5.76. The smallest absolute Gasteiger partial charge is 0.459 e. The van der Waals surface area contributed by atoms with Gasteiger partial charge in [-0.2, -0.15) is 0 Å². The van der Waals surface area contributed by atoms with Gasteiger partial charge in [0.25, 0.3) is 0 Å². The molecule has 18 atom stereocenters. The minimum Gasteiger partial charge on any atom is -0.459 e. The van der Waals surface area contributed by atoms with Crippen LogP contribution in [0.15, 0.2) is 0 Å². The number of fused-ring (bicyclic) bond motifs is 1. The van der Waals surface area contributed by atoms with E-state index in [1.54, 1.807) is 34.6 Å².